The highest BCUT2D eigenvalue weighted by Crippen LogP contribution is 2.31. The Morgan fingerprint density at radius 1 is 1.47 bits per heavy atom. The molecule has 1 rings (SSSR count). The molecule has 0 spiro atoms. The first-order valence-corrected chi connectivity index (χ1v) is 5.05. The topological polar surface area (TPSA) is 67.5 Å². The Bertz CT molecular complexity index is 459. The molecule has 0 bridgehead atoms. The average Bonchev–Trinajstić information content (AvgIpc) is 2.18. The van der Waals surface area contributed by atoms with E-state index in [0.29, 0.717) is 4.47 Å². The SMILES string of the molecule is NC(=O)NN=Cc1cc(C(F)(F)F)ccc1Br. The van der Waals surface area contributed by atoms with E-state index in [2.05, 4.69) is 21.0 Å². The molecular formula is C9H7BrF3N3O. The summed E-state index contributed by atoms with van der Waals surface area (Å²) in [5.41, 5.74) is 5.99. The third kappa shape index (κ3) is 4.06. The fourth-order valence-corrected chi connectivity index (χ4v) is 1.33. The van der Waals surface area contributed by atoms with Crippen molar-refractivity contribution in [2.45, 2.75) is 6.18 Å². The standard InChI is InChI=1S/C9H7BrF3N3O/c10-7-2-1-6(9(11,12)13)3-5(7)4-15-16-8(14)17/h1-4H,(H3,14,16,17). The molecule has 2 amide bonds. The van der Waals surface area contributed by atoms with Gasteiger partial charge in [-0.3, -0.25) is 0 Å². The minimum absolute atomic E-state index is 0.175. The average molecular weight is 310 g/mol. The summed E-state index contributed by atoms with van der Waals surface area (Å²) in [4.78, 5) is 10.3. The van der Waals surface area contributed by atoms with Gasteiger partial charge in [0.1, 0.15) is 0 Å². The van der Waals surface area contributed by atoms with Gasteiger partial charge in [-0.25, -0.2) is 10.2 Å². The number of rotatable bonds is 2. The number of hydrogen-bond donors (Lipinski definition) is 2. The number of urea groups is 1. The second-order valence-corrected chi connectivity index (χ2v) is 3.82. The van der Waals surface area contributed by atoms with E-state index in [4.69, 9.17) is 5.73 Å². The third-order valence-electron chi connectivity index (χ3n) is 1.70. The summed E-state index contributed by atoms with van der Waals surface area (Å²) in [6.45, 7) is 0. The molecule has 1 aromatic carbocycles. The molecule has 0 fully saturated rings. The van der Waals surface area contributed by atoms with Gasteiger partial charge in [0.2, 0.25) is 0 Å². The Kier molecular flexibility index (Phi) is 4.11. The van der Waals surface area contributed by atoms with Crippen molar-refractivity contribution in [3.05, 3.63) is 33.8 Å². The molecule has 1 aromatic rings. The van der Waals surface area contributed by atoms with Crippen molar-refractivity contribution in [2.24, 2.45) is 10.8 Å². The number of hydrazone groups is 1. The number of carbonyl (C=O) groups excluding carboxylic acids is 1. The smallest absolute Gasteiger partial charge is 0.350 e. The number of nitrogens with zero attached hydrogens (tertiary/aromatic N) is 1. The maximum atomic E-state index is 12.4. The van der Waals surface area contributed by atoms with Crippen LogP contribution in [-0.2, 0) is 6.18 Å². The van der Waals surface area contributed by atoms with Crippen molar-refractivity contribution in [3.63, 3.8) is 0 Å². The zero-order valence-electron chi connectivity index (χ0n) is 8.25. The van der Waals surface area contributed by atoms with Gasteiger partial charge in [-0.1, -0.05) is 15.9 Å². The fraction of sp³-hybridized carbons (Fsp3) is 0.111. The molecule has 0 saturated heterocycles. The van der Waals surface area contributed by atoms with Gasteiger partial charge in [0, 0.05) is 10.0 Å². The number of primary amides is 1. The van der Waals surface area contributed by atoms with Gasteiger partial charge in [-0.15, -0.1) is 0 Å². The largest absolute Gasteiger partial charge is 0.416 e. The zero-order valence-corrected chi connectivity index (χ0v) is 9.84. The number of carbonyl (C=O) groups is 1. The molecule has 0 radical (unpaired) electrons. The van der Waals surface area contributed by atoms with E-state index in [9.17, 15) is 18.0 Å². The number of nitrogens with one attached hydrogen (secondary N) is 1. The van der Waals surface area contributed by atoms with Gasteiger partial charge < -0.3 is 5.73 Å². The van der Waals surface area contributed by atoms with E-state index in [1.165, 1.54) is 6.07 Å². The summed E-state index contributed by atoms with van der Waals surface area (Å²) in [5.74, 6) is 0. The third-order valence-corrected chi connectivity index (χ3v) is 2.42. The number of benzene rings is 1. The number of amides is 2. The molecule has 3 N–H and O–H groups in total. The number of halogens is 4. The lowest BCUT2D eigenvalue weighted by Gasteiger charge is -2.07. The van der Waals surface area contributed by atoms with Crippen molar-refractivity contribution >= 4 is 28.2 Å². The monoisotopic (exact) mass is 309 g/mol. The summed E-state index contributed by atoms with van der Waals surface area (Å²) in [7, 11) is 0. The van der Waals surface area contributed by atoms with Gasteiger partial charge in [0.05, 0.1) is 11.8 Å². The lowest BCUT2D eigenvalue weighted by Crippen LogP contribution is -2.24. The number of hydrogen-bond acceptors (Lipinski definition) is 2. The van der Waals surface area contributed by atoms with E-state index >= 15 is 0 Å². The van der Waals surface area contributed by atoms with Crippen LogP contribution in [-0.4, -0.2) is 12.2 Å². The molecule has 92 valence electrons. The van der Waals surface area contributed by atoms with Crippen LogP contribution in [0.4, 0.5) is 18.0 Å². The van der Waals surface area contributed by atoms with Crippen LogP contribution in [0.2, 0.25) is 0 Å². The van der Waals surface area contributed by atoms with Crippen LogP contribution >= 0.6 is 15.9 Å². The predicted octanol–water partition coefficient (Wildman–Crippen LogP) is 2.47. The van der Waals surface area contributed by atoms with Crippen LogP contribution in [0.15, 0.2) is 27.8 Å². The molecule has 0 aliphatic heterocycles. The highest BCUT2D eigenvalue weighted by molar-refractivity contribution is 9.10. The first-order chi connectivity index (χ1) is 7.80. The van der Waals surface area contributed by atoms with Crippen LogP contribution in [0.1, 0.15) is 11.1 Å². The minimum atomic E-state index is -4.43. The Morgan fingerprint density at radius 2 is 2.12 bits per heavy atom. The van der Waals surface area contributed by atoms with E-state index in [-0.39, 0.29) is 5.56 Å². The summed E-state index contributed by atoms with van der Waals surface area (Å²) >= 11 is 3.06. The summed E-state index contributed by atoms with van der Waals surface area (Å²) in [6, 6.07) is 2.18. The first kappa shape index (κ1) is 13.5. The van der Waals surface area contributed by atoms with Crippen LogP contribution < -0.4 is 11.2 Å². The van der Waals surface area contributed by atoms with E-state index < -0.39 is 17.8 Å². The van der Waals surface area contributed by atoms with E-state index in [1.54, 1.807) is 0 Å². The van der Waals surface area contributed by atoms with Gasteiger partial charge >= 0.3 is 12.2 Å². The highest BCUT2D eigenvalue weighted by atomic mass is 79.9. The first-order valence-electron chi connectivity index (χ1n) is 4.26. The Morgan fingerprint density at radius 3 is 2.65 bits per heavy atom. The van der Waals surface area contributed by atoms with Crippen molar-refractivity contribution < 1.29 is 18.0 Å². The number of alkyl halides is 3. The second kappa shape index (κ2) is 5.17. The molecule has 0 heterocycles. The Hall–Kier alpha value is -1.57. The van der Waals surface area contributed by atoms with Gasteiger partial charge in [-0.05, 0) is 18.2 Å². The minimum Gasteiger partial charge on any atom is -0.350 e. The molecule has 4 nitrogen and oxygen atoms in total. The Balaban J connectivity index is 2.99. The molecule has 0 unspecified atom stereocenters. The van der Waals surface area contributed by atoms with Crippen molar-refractivity contribution in [1.29, 1.82) is 0 Å². The molecule has 17 heavy (non-hydrogen) atoms. The lowest BCUT2D eigenvalue weighted by molar-refractivity contribution is -0.137. The number of nitrogens with two attached hydrogens (primary N) is 1. The van der Waals surface area contributed by atoms with Gasteiger partial charge in [0.25, 0.3) is 0 Å². The van der Waals surface area contributed by atoms with E-state index in [1.807, 2.05) is 5.43 Å². The molecular weight excluding hydrogens is 303 g/mol. The highest BCUT2D eigenvalue weighted by Gasteiger charge is 2.30. The Labute approximate surface area is 103 Å². The van der Waals surface area contributed by atoms with Gasteiger partial charge in [0.15, 0.2) is 0 Å². The van der Waals surface area contributed by atoms with Crippen LogP contribution in [0.5, 0.6) is 0 Å². The summed E-state index contributed by atoms with van der Waals surface area (Å²) in [6.07, 6.45) is -3.37. The van der Waals surface area contributed by atoms with Crippen LogP contribution in [0.25, 0.3) is 0 Å². The fourth-order valence-electron chi connectivity index (χ4n) is 0.984. The lowest BCUT2D eigenvalue weighted by atomic mass is 10.1. The van der Waals surface area contributed by atoms with Crippen molar-refractivity contribution in [2.75, 3.05) is 0 Å². The molecule has 0 atom stereocenters. The maximum absolute atomic E-state index is 12.4. The van der Waals surface area contributed by atoms with Gasteiger partial charge in [-0.2, -0.15) is 18.3 Å². The molecule has 0 aliphatic carbocycles. The maximum Gasteiger partial charge on any atom is 0.416 e. The second-order valence-electron chi connectivity index (χ2n) is 2.97. The molecule has 8 heteroatoms. The quantitative estimate of drug-likeness (QED) is 0.639. The molecule has 0 saturated carbocycles. The summed E-state index contributed by atoms with van der Waals surface area (Å²) < 4.78 is 37.6. The van der Waals surface area contributed by atoms with Crippen molar-refractivity contribution in [1.82, 2.24) is 5.43 Å². The van der Waals surface area contributed by atoms with Crippen LogP contribution in [0, 0.1) is 0 Å². The zero-order chi connectivity index (χ0) is 13.1. The van der Waals surface area contributed by atoms with Crippen molar-refractivity contribution in [3.8, 4) is 0 Å². The summed E-state index contributed by atoms with van der Waals surface area (Å²) in [5, 5.41) is 3.38. The predicted molar refractivity (Wildman–Crippen MR) is 59.5 cm³/mol. The molecule has 0 aromatic heterocycles. The van der Waals surface area contributed by atoms with Crippen LogP contribution in [0.3, 0.4) is 0 Å². The normalized spacial score (nSPS) is 11.8. The molecule has 0 aliphatic rings. The van der Waals surface area contributed by atoms with E-state index in [0.717, 1.165) is 18.3 Å².